The van der Waals surface area contributed by atoms with Crippen LogP contribution in [0.25, 0.3) is 10.9 Å². The minimum absolute atomic E-state index is 0. The maximum Gasteiger partial charge on any atom is 0.0705 e. The van der Waals surface area contributed by atoms with Crippen molar-refractivity contribution < 1.29 is 0 Å². The van der Waals surface area contributed by atoms with E-state index in [9.17, 15) is 0 Å². The Balaban J connectivity index is 0.00000113. The van der Waals surface area contributed by atoms with Gasteiger partial charge in [-0.1, -0.05) is 48.0 Å². The van der Waals surface area contributed by atoms with Gasteiger partial charge in [-0.25, -0.2) is 0 Å². The van der Waals surface area contributed by atoms with Crippen molar-refractivity contribution >= 4 is 35.7 Å². The van der Waals surface area contributed by atoms with E-state index in [1.54, 1.807) is 0 Å². The highest BCUT2D eigenvalue weighted by Gasteiger charge is 2.16. The fourth-order valence-electron chi connectivity index (χ4n) is 3.40. The summed E-state index contributed by atoms with van der Waals surface area (Å²) in [5.74, 6) is 0. The molecule has 0 saturated heterocycles. The molecule has 0 spiro atoms. The molecule has 0 amide bonds. The van der Waals surface area contributed by atoms with E-state index in [0.717, 1.165) is 38.0 Å². The third-order valence-corrected chi connectivity index (χ3v) is 4.78. The van der Waals surface area contributed by atoms with Gasteiger partial charge in [-0.3, -0.25) is 9.88 Å². The Bertz CT molecular complexity index is 784. The molecule has 0 saturated carbocycles. The zero-order valence-electron chi connectivity index (χ0n) is 14.4. The molecule has 0 radical (unpaired) electrons. The second kappa shape index (κ2) is 8.66. The van der Waals surface area contributed by atoms with E-state index in [1.165, 1.54) is 27.8 Å². The number of hydrogen-bond acceptors (Lipinski definition) is 2. The van der Waals surface area contributed by atoms with E-state index < -0.39 is 0 Å². The summed E-state index contributed by atoms with van der Waals surface area (Å²) < 4.78 is 0. The first kappa shape index (κ1) is 19.7. The van der Waals surface area contributed by atoms with Crippen LogP contribution in [0.2, 0.25) is 0 Å². The van der Waals surface area contributed by atoms with Crippen molar-refractivity contribution in [3.05, 3.63) is 77.0 Å². The Morgan fingerprint density at radius 3 is 2.44 bits per heavy atom. The van der Waals surface area contributed by atoms with Gasteiger partial charge >= 0.3 is 0 Å². The van der Waals surface area contributed by atoms with Gasteiger partial charge < -0.3 is 0 Å². The summed E-state index contributed by atoms with van der Waals surface area (Å²) in [6, 6.07) is 19.7. The summed E-state index contributed by atoms with van der Waals surface area (Å²) in [5.41, 5.74) is 6.57. The van der Waals surface area contributed by atoms with Crippen LogP contribution in [0.15, 0.2) is 54.6 Å². The van der Waals surface area contributed by atoms with E-state index in [4.69, 9.17) is 4.98 Å². The standard InChI is InChI=1S/C21H22N2.2ClH/c1-16-6-8-17(9-7-16)15-23-12-10-19-14-18-4-2-3-5-20(18)22-21(19)11-13-23;;/h2-9,14H,10-13,15H2,1H3;2*1H. The van der Waals surface area contributed by atoms with Crippen LogP contribution in [0.1, 0.15) is 22.4 Å². The lowest BCUT2D eigenvalue weighted by molar-refractivity contribution is 0.279. The van der Waals surface area contributed by atoms with Gasteiger partial charge in [0.1, 0.15) is 0 Å². The van der Waals surface area contributed by atoms with Gasteiger partial charge in [0.2, 0.25) is 0 Å². The molecule has 1 aromatic heterocycles. The third kappa shape index (κ3) is 4.52. The minimum Gasteiger partial charge on any atom is -0.298 e. The number of nitrogens with zero attached hydrogens (tertiary/aromatic N) is 2. The van der Waals surface area contributed by atoms with Crippen molar-refractivity contribution in [2.45, 2.75) is 26.3 Å². The maximum atomic E-state index is 4.90. The smallest absolute Gasteiger partial charge is 0.0705 e. The first-order valence-electron chi connectivity index (χ1n) is 8.43. The quantitative estimate of drug-likeness (QED) is 0.628. The molecule has 132 valence electrons. The normalized spacial score (nSPS) is 14.1. The lowest BCUT2D eigenvalue weighted by atomic mass is 10.1. The molecule has 1 aliphatic rings. The first-order chi connectivity index (χ1) is 11.3. The highest BCUT2D eigenvalue weighted by Crippen LogP contribution is 2.21. The molecule has 0 unspecified atom stereocenters. The Labute approximate surface area is 162 Å². The Kier molecular flexibility index (Phi) is 6.83. The van der Waals surface area contributed by atoms with Gasteiger partial charge in [-0.2, -0.15) is 0 Å². The topological polar surface area (TPSA) is 16.1 Å². The van der Waals surface area contributed by atoms with Gasteiger partial charge in [-0.15, -0.1) is 24.8 Å². The summed E-state index contributed by atoms with van der Waals surface area (Å²) in [7, 11) is 0. The van der Waals surface area contributed by atoms with Crippen molar-refractivity contribution in [2.75, 3.05) is 13.1 Å². The number of fused-ring (bicyclic) bond motifs is 2. The van der Waals surface area contributed by atoms with Gasteiger partial charge in [0, 0.05) is 37.1 Å². The van der Waals surface area contributed by atoms with Crippen LogP contribution in [0.5, 0.6) is 0 Å². The summed E-state index contributed by atoms with van der Waals surface area (Å²) in [6.07, 6.45) is 2.14. The number of para-hydroxylation sites is 1. The van der Waals surface area contributed by atoms with Crippen LogP contribution in [-0.2, 0) is 19.4 Å². The third-order valence-electron chi connectivity index (χ3n) is 4.78. The van der Waals surface area contributed by atoms with Crippen LogP contribution in [0, 0.1) is 6.92 Å². The number of aryl methyl sites for hydroxylation is 1. The minimum atomic E-state index is 0. The van der Waals surface area contributed by atoms with Crippen molar-refractivity contribution in [2.24, 2.45) is 0 Å². The van der Waals surface area contributed by atoms with Crippen LogP contribution in [0.4, 0.5) is 0 Å². The predicted molar refractivity (Wildman–Crippen MR) is 110 cm³/mol. The molecule has 2 nitrogen and oxygen atoms in total. The van der Waals surface area contributed by atoms with Crippen LogP contribution >= 0.6 is 24.8 Å². The number of pyridine rings is 1. The van der Waals surface area contributed by atoms with Crippen molar-refractivity contribution in [1.29, 1.82) is 0 Å². The lowest BCUT2D eigenvalue weighted by Crippen LogP contribution is -2.25. The van der Waals surface area contributed by atoms with E-state index in [0.29, 0.717) is 0 Å². The van der Waals surface area contributed by atoms with E-state index in [2.05, 4.69) is 66.4 Å². The van der Waals surface area contributed by atoms with Crippen LogP contribution < -0.4 is 0 Å². The van der Waals surface area contributed by atoms with E-state index >= 15 is 0 Å². The maximum absolute atomic E-state index is 4.90. The Morgan fingerprint density at radius 2 is 1.64 bits per heavy atom. The van der Waals surface area contributed by atoms with E-state index in [1.807, 2.05) is 0 Å². The van der Waals surface area contributed by atoms with Crippen LogP contribution in [0.3, 0.4) is 0 Å². The van der Waals surface area contributed by atoms with Crippen molar-refractivity contribution in [1.82, 2.24) is 9.88 Å². The zero-order valence-corrected chi connectivity index (χ0v) is 16.1. The molecule has 4 rings (SSSR count). The molecule has 0 fully saturated rings. The predicted octanol–water partition coefficient (Wildman–Crippen LogP) is 4.99. The van der Waals surface area contributed by atoms with E-state index in [-0.39, 0.29) is 24.8 Å². The largest absolute Gasteiger partial charge is 0.298 e. The summed E-state index contributed by atoms with van der Waals surface area (Å²) in [6.45, 7) is 5.38. The molecule has 0 aliphatic carbocycles. The number of hydrogen-bond donors (Lipinski definition) is 0. The monoisotopic (exact) mass is 374 g/mol. The molecule has 0 bridgehead atoms. The molecule has 2 aromatic carbocycles. The molecule has 2 heterocycles. The van der Waals surface area contributed by atoms with Crippen molar-refractivity contribution in [3.8, 4) is 0 Å². The van der Waals surface area contributed by atoms with Crippen molar-refractivity contribution in [3.63, 3.8) is 0 Å². The molecule has 1 aliphatic heterocycles. The van der Waals surface area contributed by atoms with Gasteiger partial charge in [0.05, 0.1) is 5.52 Å². The molecule has 0 N–H and O–H groups in total. The average molecular weight is 375 g/mol. The second-order valence-electron chi connectivity index (χ2n) is 6.55. The first-order valence-corrected chi connectivity index (χ1v) is 8.43. The highest BCUT2D eigenvalue weighted by atomic mass is 35.5. The molecular weight excluding hydrogens is 351 g/mol. The second-order valence-corrected chi connectivity index (χ2v) is 6.55. The average Bonchev–Trinajstić information content (AvgIpc) is 2.77. The zero-order chi connectivity index (χ0) is 15.6. The lowest BCUT2D eigenvalue weighted by Gasteiger charge is -2.19. The number of rotatable bonds is 2. The number of halogens is 2. The SMILES string of the molecule is Cc1ccc(CN2CCc3cc4ccccc4nc3CC2)cc1.Cl.Cl. The fourth-order valence-corrected chi connectivity index (χ4v) is 3.40. The van der Waals surface area contributed by atoms with Gasteiger partial charge in [-0.05, 0) is 36.6 Å². The molecular formula is C21H24Cl2N2. The molecule has 3 aromatic rings. The summed E-state index contributed by atoms with van der Waals surface area (Å²) in [4.78, 5) is 7.45. The molecule has 0 atom stereocenters. The highest BCUT2D eigenvalue weighted by molar-refractivity contribution is 5.85. The fraction of sp³-hybridized carbons (Fsp3) is 0.286. The number of aromatic nitrogens is 1. The molecule has 4 heteroatoms. The van der Waals surface area contributed by atoms with Gasteiger partial charge in [0.15, 0.2) is 0 Å². The number of benzene rings is 2. The summed E-state index contributed by atoms with van der Waals surface area (Å²) >= 11 is 0. The Hall–Kier alpha value is -1.61. The summed E-state index contributed by atoms with van der Waals surface area (Å²) in [5, 5.41) is 1.26. The van der Waals surface area contributed by atoms with Gasteiger partial charge in [0.25, 0.3) is 0 Å². The Morgan fingerprint density at radius 1 is 0.920 bits per heavy atom. The molecule has 25 heavy (non-hydrogen) atoms. The van der Waals surface area contributed by atoms with Crippen LogP contribution in [-0.4, -0.2) is 23.0 Å².